The highest BCUT2D eigenvalue weighted by molar-refractivity contribution is 6.47. The zero-order valence-corrected chi connectivity index (χ0v) is 19.4. The first-order valence-electron chi connectivity index (χ1n) is 10.9. The van der Waals surface area contributed by atoms with Gasteiger partial charge >= 0.3 is 19.1 Å². The summed E-state index contributed by atoms with van der Waals surface area (Å²) in [6.07, 6.45) is 0.237. The van der Waals surface area contributed by atoms with E-state index in [1.165, 1.54) is 6.07 Å². The number of amides is 1. The summed E-state index contributed by atoms with van der Waals surface area (Å²) in [7, 11) is -1.38. The standard InChI is InChI=1S/C24H28BNO8/c1-24(2,3)23(29)33-15-32-22(28)18-11-7-10-17-12-19(25(30)34-21(17)18)26-20(27)14-31-13-16-8-5-4-6-9-16/h4-11,19,30H,12-15H2,1-3H3,(H,26,27)/t19-/m0/s1. The Morgan fingerprint density at radius 2 is 1.82 bits per heavy atom. The normalized spacial score (nSPS) is 15.1. The van der Waals surface area contributed by atoms with E-state index in [9.17, 15) is 19.4 Å². The number of hydrogen-bond acceptors (Lipinski definition) is 8. The van der Waals surface area contributed by atoms with Crippen molar-refractivity contribution in [3.05, 3.63) is 65.2 Å². The molecule has 34 heavy (non-hydrogen) atoms. The molecule has 0 bridgehead atoms. The van der Waals surface area contributed by atoms with Crippen molar-refractivity contribution in [1.82, 2.24) is 5.32 Å². The van der Waals surface area contributed by atoms with E-state index in [1.807, 2.05) is 30.3 Å². The van der Waals surface area contributed by atoms with Crippen LogP contribution in [-0.2, 0) is 36.8 Å². The van der Waals surface area contributed by atoms with Crippen LogP contribution in [-0.4, -0.2) is 49.3 Å². The van der Waals surface area contributed by atoms with Crippen molar-refractivity contribution in [2.75, 3.05) is 13.4 Å². The van der Waals surface area contributed by atoms with Crippen LogP contribution in [0.1, 0.15) is 42.3 Å². The maximum absolute atomic E-state index is 12.5. The van der Waals surface area contributed by atoms with Gasteiger partial charge in [0.1, 0.15) is 17.9 Å². The van der Waals surface area contributed by atoms with Gasteiger partial charge < -0.3 is 29.2 Å². The Bertz CT molecular complexity index is 1020. The second-order valence-corrected chi connectivity index (χ2v) is 8.89. The van der Waals surface area contributed by atoms with E-state index in [0.717, 1.165) is 5.56 Å². The summed E-state index contributed by atoms with van der Waals surface area (Å²) >= 11 is 0. The molecule has 2 N–H and O–H groups in total. The lowest BCUT2D eigenvalue weighted by atomic mass is 9.72. The number of rotatable bonds is 8. The minimum atomic E-state index is -1.38. The van der Waals surface area contributed by atoms with Gasteiger partial charge in [-0.1, -0.05) is 42.5 Å². The molecule has 180 valence electrons. The third-order valence-corrected chi connectivity index (χ3v) is 5.02. The van der Waals surface area contributed by atoms with Crippen LogP contribution in [0.25, 0.3) is 0 Å². The molecular weight excluding hydrogens is 441 g/mol. The molecule has 1 aliphatic rings. The van der Waals surface area contributed by atoms with Gasteiger partial charge in [-0.15, -0.1) is 0 Å². The molecule has 1 amide bonds. The molecule has 2 aromatic rings. The van der Waals surface area contributed by atoms with E-state index in [0.29, 0.717) is 5.56 Å². The van der Waals surface area contributed by atoms with Gasteiger partial charge in [0.25, 0.3) is 0 Å². The summed E-state index contributed by atoms with van der Waals surface area (Å²) in [6.45, 7) is 4.63. The van der Waals surface area contributed by atoms with Gasteiger partial charge in [0.05, 0.1) is 18.0 Å². The van der Waals surface area contributed by atoms with Gasteiger partial charge in [-0.25, -0.2) is 4.79 Å². The zero-order valence-electron chi connectivity index (χ0n) is 19.4. The second kappa shape index (κ2) is 11.2. The Kier molecular flexibility index (Phi) is 8.30. The molecular formula is C24H28BNO8. The third-order valence-electron chi connectivity index (χ3n) is 5.02. The van der Waals surface area contributed by atoms with Crippen LogP contribution in [0.5, 0.6) is 5.75 Å². The number of ether oxygens (including phenoxy) is 3. The fourth-order valence-electron chi connectivity index (χ4n) is 3.22. The first-order chi connectivity index (χ1) is 16.1. The lowest BCUT2D eigenvalue weighted by Gasteiger charge is -2.29. The van der Waals surface area contributed by atoms with Crippen LogP contribution in [0.3, 0.4) is 0 Å². The summed E-state index contributed by atoms with van der Waals surface area (Å²) in [5, 5.41) is 13.1. The van der Waals surface area contributed by atoms with Crippen LogP contribution in [0.2, 0.25) is 0 Å². The number of esters is 2. The van der Waals surface area contributed by atoms with Gasteiger partial charge in [0.2, 0.25) is 12.7 Å². The average molecular weight is 469 g/mol. The molecule has 0 fully saturated rings. The van der Waals surface area contributed by atoms with E-state index in [1.54, 1.807) is 32.9 Å². The van der Waals surface area contributed by atoms with Gasteiger partial charge in [0.15, 0.2) is 0 Å². The molecule has 0 unspecified atom stereocenters. The van der Waals surface area contributed by atoms with Crippen molar-refractivity contribution in [3.8, 4) is 5.75 Å². The lowest BCUT2D eigenvalue weighted by Crippen LogP contribution is -2.53. The number of benzene rings is 2. The molecule has 0 radical (unpaired) electrons. The van der Waals surface area contributed by atoms with E-state index in [4.69, 9.17) is 18.9 Å². The molecule has 0 saturated carbocycles. The second-order valence-electron chi connectivity index (χ2n) is 8.89. The minimum Gasteiger partial charge on any atom is -0.534 e. The SMILES string of the molecule is CC(C)(C)C(=O)OCOC(=O)c1cccc2c1OB(O)[C@@H](NC(=O)COCc1ccccc1)C2. The first kappa shape index (κ1) is 25.3. The first-order valence-corrected chi connectivity index (χ1v) is 10.9. The number of para-hydroxylation sites is 1. The number of fused-ring (bicyclic) bond motifs is 1. The highest BCUT2D eigenvalue weighted by Crippen LogP contribution is 2.30. The van der Waals surface area contributed by atoms with Crippen LogP contribution < -0.4 is 9.97 Å². The molecule has 1 atom stereocenters. The highest BCUT2D eigenvalue weighted by atomic mass is 16.7. The van der Waals surface area contributed by atoms with Crippen molar-refractivity contribution < 1.29 is 38.3 Å². The van der Waals surface area contributed by atoms with Crippen molar-refractivity contribution in [2.45, 2.75) is 39.7 Å². The van der Waals surface area contributed by atoms with Crippen molar-refractivity contribution in [2.24, 2.45) is 5.41 Å². The molecule has 0 saturated heterocycles. The molecule has 10 heteroatoms. The van der Waals surface area contributed by atoms with Gasteiger partial charge in [-0.3, -0.25) is 9.59 Å². The molecule has 0 spiro atoms. The molecule has 1 aliphatic heterocycles. The monoisotopic (exact) mass is 469 g/mol. The Morgan fingerprint density at radius 1 is 1.09 bits per heavy atom. The molecule has 0 aromatic heterocycles. The maximum Gasteiger partial charge on any atom is 0.547 e. The number of nitrogens with one attached hydrogen (secondary N) is 1. The maximum atomic E-state index is 12.5. The Hall–Kier alpha value is -3.37. The highest BCUT2D eigenvalue weighted by Gasteiger charge is 2.38. The van der Waals surface area contributed by atoms with E-state index in [-0.39, 0.29) is 30.9 Å². The Morgan fingerprint density at radius 3 is 2.53 bits per heavy atom. The average Bonchev–Trinajstić information content (AvgIpc) is 2.79. The van der Waals surface area contributed by atoms with Gasteiger partial charge in [0, 0.05) is 0 Å². The Labute approximate surface area is 198 Å². The molecule has 1 heterocycles. The third kappa shape index (κ3) is 6.82. The smallest absolute Gasteiger partial charge is 0.534 e. The molecule has 3 rings (SSSR count). The zero-order chi connectivity index (χ0) is 24.7. The summed E-state index contributed by atoms with van der Waals surface area (Å²) in [5.74, 6) is -2.23. The van der Waals surface area contributed by atoms with Crippen molar-refractivity contribution >= 4 is 25.0 Å². The number of carbonyl (C=O) groups excluding carboxylic acids is 3. The summed E-state index contributed by atoms with van der Waals surface area (Å²) in [4.78, 5) is 36.6. The summed E-state index contributed by atoms with van der Waals surface area (Å²) in [5.41, 5.74) is 0.913. The van der Waals surface area contributed by atoms with Crippen molar-refractivity contribution in [1.29, 1.82) is 0 Å². The van der Waals surface area contributed by atoms with Crippen LogP contribution >= 0.6 is 0 Å². The quantitative estimate of drug-likeness (QED) is 0.343. The molecule has 2 aromatic carbocycles. The topological polar surface area (TPSA) is 120 Å². The van der Waals surface area contributed by atoms with Crippen LogP contribution in [0.4, 0.5) is 0 Å². The lowest BCUT2D eigenvalue weighted by molar-refractivity contribution is -0.161. The Balaban J connectivity index is 1.54. The largest absolute Gasteiger partial charge is 0.547 e. The van der Waals surface area contributed by atoms with Gasteiger partial charge in [-0.05, 0) is 44.4 Å². The van der Waals surface area contributed by atoms with Crippen LogP contribution in [0, 0.1) is 5.41 Å². The van der Waals surface area contributed by atoms with E-state index >= 15 is 0 Å². The number of carbonyl (C=O) groups is 3. The number of hydrogen-bond donors (Lipinski definition) is 2. The molecule has 9 nitrogen and oxygen atoms in total. The summed E-state index contributed by atoms with van der Waals surface area (Å²) < 4.78 is 21.0. The van der Waals surface area contributed by atoms with Crippen LogP contribution in [0.15, 0.2) is 48.5 Å². The molecule has 0 aliphatic carbocycles. The predicted octanol–water partition coefficient (Wildman–Crippen LogP) is 2.05. The minimum absolute atomic E-state index is 0.0827. The van der Waals surface area contributed by atoms with E-state index in [2.05, 4.69) is 5.32 Å². The van der Waals surface area contributed by atoms with Crippen molar-refractivity contribution in [3.63, 3.8) is 0 Å². The fraction of sp³-hybridized carbons (Fsp3) is 0.375. The van der Waals surface area contributed by atoms with Gasteiger partial charge in [-0.2, -0.15) is 0 Å². The summed E-state index contributed by atoms with van der Waals surface area (Å²) in [6, 6.07) is 14.3. The fourth-order valence-corrected chi connectivity index (χ4v) is 3.22. The predicted molar refractivity (Wildman–Crippen MR) is 123 cm³/mol. The van der Waals surface area contributed by atoms with E-state index < -0.39 is 43.1 Å².